The van der Waals surface area contributed by atoms with Crippen molar-refractivity contribution in [3.8, 4) is 0 Å². The Bertz CT molecular complexity index is 573. The lowest BCUT2D eigenvalue weighted by Gasteiger charge is -2.35. The van der Waals surface area contributed by atoms with Gasteiger partial charge in [-0.2, -0.15) is 0 Å². The van der Waals surface area contributed by atoms with E-state index in [2.05, 4.69) is 42.7 Å². The van der Waals surface area contributed by atoms with E-state index in [0.717, 1.165) is 51.4 Å². The molecule has 1 aromatic rings. The van der Waals surface area contributed by atoms with E-state index in [4.69, 9.17) is 4.74 Å². The van der Waals surface area contributed by atoms with Crippen LogP contribution in [0.1, 0.15) is 44.0 Å². The number of ether oxygens (including phenoxy) is 1. The van der Waals surface area contributed by atoms with E-state index < -0.39 is 0 Å². The summed E-state index contributed by atoms with van der Waals surface area (Å²) in [5.41, 5.74) is 1.97. The van der Waals surface area contributed by atoms with Gasteiger partial charge in [0.2, 0.25) is 0 Å². The standard InChI is InChI=1S/C21H33N3O2/c1-4-24(17(2)3)19-9-7-18(8-10-19)21(25)23-13-11-22(12-14-23)16-20-6-5-15-26-20/h7-10,17,20H,4-6,11-16H2,1-3H3. The second-order valence-electron chi connectivity index (χ2n) is 7.65. The van der Waals surface area contributed by atoms with Gasteiger partial charge in [-0.25, -0.2) is 0 Å². The smallest absolute Gasteiger partial charge is 0.253 e. The number of hydrogen-bond acceptors (Lipinski definition) is 4. The van der Waals surface area contributed by atoms with E-state index in [0.29, 0.717) is 12.1 Å². The predicted molar refractivity (Wildman–Crippen MR) is 106 cm³/mol. The van der Waals surface area contributed by atoms with Gasteiger partial charge in [-0.1, -0.05) is 0 Å². The number of benzene rings is 1. The first-order valence-electron chi connectivity index (χ1n) is 10.1. The molecule has 5 heteroatoms. The van der Waals surface area contributed by atoms with Crippen LogP contribution in [-0.4, -0.2) is 73.7 Å². The lowest BCUT2D eigenvalue weighted by Crippen LogP contribution is -2.50. The summed E-state index contributed by atoms with van der Waals surface area (Å²) in [4.78, 5) is 19.6. The number of piperazine rings is 1. The van der Waals surface area contributed by atoms with E-state index in [1.807, 2.05) is 17.0 Å². The second kappa shape index (κ2) is 8.87. The zero-order valence-electron chi connectivity index (χ0n) is 16.5. The number of hydrogen-bond donors (Lipinski definition) is 0. The highest BCUT2D eigenvalue weighted by molar-refractivity contribution is 5.94. The Balaban J connectivity index is 1.53. The minimum absolute atomic E-state index is 0.154. The fraction of sp³-hybridized carbons (Fsp3) is 0.667. The Morgan fingerprint density at radius 2 is 1.88 bits per heavy atom. The molecule has 0 radical (unpaired) electrons. The maximum atomic E-state index is 12.8. The lowest BCUT2D eigenvalue weighted by atomic mass is 10.1. The van der Waals surface area contributed by atoms with Crippen LogP contribution in [-0.2, 0) is 4.74 Å². The molecular formula is C21H33N3O2. The van der Waals surface area contributed by atoms with E-state index in [1.165, 1.54) is 18.5 Å². The lowest BCUT2D eigenvalue weighted by molar-refractivity contribution is 0.0433. The average molecular weight is 360 g/mol. The Kier molecular flexibility index (Phi) is 6.54. The highest BCUT2D eigenvalue weighted by Crippen LogP contribution is 2.19. The van der Waals surface area contributed by atoms with Crippen molar-refractivity contribution in [1.29, 1.82) is 0 Å². The van der Waals surface area contributed by atoms with Crippen LogP contribution in [0, 0.1) is 0 Å². The number of amides is 1. The minimum Gasteiger partial charge on any atom is -0.377 e. The quantitative estimate of drug-likeness (QED) is 0.782. The average Bonchev–Trinajstić information content (AvgIpc) is 3.16. The largest absolute Gasteiger partial charge is 0.377 e. The van der Waals surface area contributed by atoms with Crippen molar-refractivity contribution in [2.45, 2.75) is 45.8 Å². The van der Waals surface area contributed by atoms with E-state index in [9.17, 15) is 4.79 Å². The summed E-state index contributed by atoms with van der Waals surface area (Å²) in [6.45, 7) is 12.9. The highest BCUT2D eigenvalue weighted by atomic mass is 16.5. The SMILES string of the molecule is CCN(c1ccc(C(=O)N2CCN(CC3CCCO3)CC2)cc1)C(C)C. The third-order valence-corrected chi connectivity index (χ3v) is 5.56. The summed E-state index contributed by atoms with van der Waals surface area (Å²) >= 11 is 0. The zero-order valence-corrected chi connectivity index (χ0v) is 16.5. The second-order valence-corrected chi connectivity index (χ2v) is 7.65. The molecule has 1 unspecified atom stereocenters. The molecule has 5 nitrogen and oxygen atoms in total. The van der Waals surface area contributed by atoms with Gasteiger partial charge in [-0.3, -0.25) is 9.69 Å². The van der Waals surface area contributed by atoms with Crippen LogP contribution >= 0.6 is 0 Å². The van der Waals surface area contributed by atoms with Crippen molar-refractivity contribution in [2.24, 2.45) is 0 Å². The molecule has 2 saturated heterocycles. The summed E-state index contributed by atoms with van der Waals surface area (Å²) in [5.74, 6) is 0.154. The molecular weight excluding hydrogens is 326 g/mol. The molecule has 2 heterocycles. The first kappa shape index (κ1) is 19.2. The number of nitrogens with zero attached hydrogens (tertiary/aromatic N) is 3. The molecule has 2 aliphatic heterocycles. The molecule has 1 aromatic carbocycles. The molecule has 1 amide bonds. The normalized spacial score (nSPS) is 21.4. The molecule has 144 valence electrons. The molecule has 26 heavy (non-hydrogen) atoms. The van der Waals surface area contributed by atoms with Crippen LogP contribution in [0.3, 0.4) is 0 Å². The number of anilines is 1. The maximum Gasteiger partial charge on any atom is 0.253 e. The third kappa shape index (κ3) is 4.57. The van der Waals surface area contributed by atoms with Crippen molar-refractivity contribution in [3.05, 3.63) is 29.8 Å². The highest BCUT2D eigenvalue weighted by Gasteiger charge is 2.25. The van der Waals surface area contributed by atoms with Gasteiger partial charge in [0.15, 0.2) is 0 Å². The molecule has 2 aliphatic rings. The Labute approximate surface area is 157 Å². The molecule has 2 fully saturated rings. The monoisotopic (exact) mass is 359 g/mol. The zero-order chi connectivity index (χ0) is 18.5. The molecule has 0 bridgehead atoms. The Morgan fingerprint density at radius 3 is 2.42 bits per heavy atom. The van der Waals surface area contributed by atoms with E-state index >= 15 is 0 Å². The van der Waals surface area contributed by atoms with Gasteiger partial charge in [-0.05, 0) is 57.9 Å². The molecule has 0 aliphatic carbocycles. The van der Waals surface area contributed by atoms with Crippen molar-refractivity contribution in [3.63, 3.8) is 0 Å². The fourth-order valence-corrected chi connectivity index (χ4v) is 4.03. The van der Waals surface area contributed by atoms with Gasteiger partial charge < -0.3 is 14.5 Å². The predicted octanol–water partition coefficient (Wildman–Crippen LogP) is 2.86. The van der Waals surface area contributed by atoms with E-state index in [1.54, 1.807) is 0 Å². The Morgan fingerprint density at radius 1 is 1.19 bits per heavy atom. The topological polar surface area (TPSA) is 36.0 Å². The number of carbonyl (C=O) groups excluding carboxylic acids is 1. The van der Waals surface area contributed by atoms with Crippen molar-refractivity contribution in [1.82, 2.24) is 9.80 Å². The van der Waals surface area contributed by atoms with Gasteiger partial charge >= 0.3 is 0 Å². The molecule has 0 N–H and O–H groups in total. The Hall–Kier alpha value is -1.59. The molecule has 0 aromatic heterocycles. The van der Waals surface area contributed by atoms with Crippen LogP contribution in [0.25, 0.3) is 0 Å². The van der Waals surface area contributed by atoms with Crippen LogP contribution in [0.5, 0.6) is 0 Å². The molecule has 1 atom stereocenters. The summed E-state index contributed by atoms with van der Waals surface area (Å²) in [7, 11) is 0. The van der Waals surface area contributed by atoms with Crippen molar-refractivity contribution < 1.29 is 9.53 Å². The molecule has 0 saturated carbocycles. The van der Waals surface area contributed by atoms with Gasteiger partial charge in [0, 0.05) is 63.2 Å². The van der Waals surface area contributed by atoms with Crippen LogP contribution in [0.15, 0.2) is 24.3 Å². The van der Waals surface area contributed by atoms with Crippen LogP contribution in [0.4, 0.5) is 5.69 Å². The summed E-state index contributed by atoms with van der Waals surface area (Å²) < 4.78 is 5.73. The van der Waals surface area contributed by atoms with Crippen molar-refractivity contribution in [2.75, 3.05) is 50.8 Å². The first-order chi connectivity index (χ1) is 12.6. The maximum absolute atomic E-state index is 12.8. The summed E-state index contributed by atoms with van der Waals surface area (Å²) in [6, 6.07) is 8.55. The fourth-order valence-electron chi connectivity index (χ4n) is 4.03. The summed E-state index contributed by atoms with van der Waals surface area (Å²) in [5, 5.41) is 0. The number of carbonyl (C=O) groups is 1. The van der Waals surface area contributed by atoms with Gasteiger partial charge in [0.1, 0.15) is 0 Å². The van der Waals surface area contributed by atoms with Gasteiger partial charge in [0.25, 0.3) is 5.91 Å². The van der Waals surface area contributed by atoms with Crippen LogP contribution < -0.4 is 4.90 Å². The molecule has 3 rings (SSSR count). The van der Waals surface area contributed by atoms with Crippen LogP contribution in [0.2, 0.25) is 0 Å². The van der Waals surface area contributed by atoms with Crippen molar-refractivity contribution >= 4 is 11.6 Å². The molecule has 0 spiro atoms. The minimum atomic E-state index is 0.154. The first-order valence-corrected chi connectivity index (χ1v) is 10.1. The number of rotatable bonds is 6. The van der Waals surface area contributed by atoms with E-state index in [-0.39, 0.29) is 5.91 Å². The summed E-state index contributed by atoms with van der Waals surface area (Å²) in [6.07, 6.45) is 2.76. The third-order valence-electron chi connectivity index (χ3n) is 5.56. The van der Waals surface area contributed by atoms with Gasteiger partial charge in [0.05, 0.1) is 6.10 Å². The van der Waals surface area contributed by atoms with Gasteiger partial charge in [-0.15, -0.1) is 0 Å².